The van der Waals surface area contributed by atoms with Crippen LogP contribution in [0.4, 0.5) is 5.69 Å². The van der Waals surface area contributed by atoms with Crippen LogP contribution >= 0.6 is 0 Å². The van der Waals surface area contributed by atoms with Gasteiger partial charge in [0.2, 0.25) is 5.88 Å². The summed E-state index contributed by atoms with van der Waals surface area (Å²) in [6.45, 7) is 3.90. The quantitative estimate of drug-likeness (QED) is 0.624. The lowest BCUT2D eigenvalue weighted by molar-refractivity contribution is -0.385. The molecular formula is C14H14N2O3. The molecule has 0 radical (unpaired) electrons. The summed E-state index contributed by atoms with van der Waals surface area (Å²) in [5.74, 6) is 0.512. The molecular weight excluding hydrogens is 244 g/mol. The van der Waals surface area contributed by atoms with Crippen molar-refractivity contribution in [1.29, 1.82) is 0 Å². The predicted molar refractivity (Wildman–Crippen MR) is 71.1 cm³/mol. The number of aromatic nitrogens is 1. The highest BCUT2D eigenvalue weighted by molar-refractivity contribution is 5.39. The normalized spacial score (nSPS) is 10.2. The number of rotatable bonds is 4. The van der Waals surface area contributed by atoms with Crippen LogP contribution in [-0.4, -0.2) is 9.91 Å². The van der Waals surface area contributed by atoms with E-state index in [9.17, 15) is 10.1 Å². The van der Waals surface area contributed by atoms with E-state index >= 15 is 0 Å². The first-order valence-electron chi connectivity index (χ1n) is 5.87. The van der Waals surface area contributed by atoms with Gasteiger partial charge in [0.1, 0.15) is 6.61 Å². The summed E-state index contributed by atoms with van der Waals surface area (Å²) in [5, 5.41) is 10.9. The van der Waals surface area contributed by atoms with Gasteiger partial charge in [-0.3, -0.25) is 10.1 Å². The third kappa shape index (κ3) is 3.07. The zero-order valence-electron chi connectivity index (χ0n) is 10.8. The number of aryl methyl sites for hydroxylation is 2. The fraction of sp³-hybridized carbons (Fsp3) is 0.214. The monoisotopic (exact) mass is 258 g/mol. The standard InChI is InChI=1S/C14H14N2O3/c1-10-7-8-11(2)15-14(10)19-9-12-5-3-4-6-13(12)16(17)18/h3-8H,9H2,1-2H3. The molecule has 0 spiro atoms. The van der Waals surface area contributed by atoms with Gasteiger partial charge in [-0.1, -0.05) is 18.2 Å². The lowest BCUT2D eigenvalue weighted by Gasteiger charge is -2.09. The third-order valence-corrected chi connectivity index (χ3v) is 2.74. The molecule has 2 aromatic rings. The summed E-state index contributed by atoms with van der Waals surface area (Å²) < 4.78 is 5.58. The fourth-order valence-electron chi connectivity index (χ4n) is 1.71. The van der Waals surface area contributed by atoms with E-state index < -0.39 is 4.92 Å². The second-order valence-corrected chi connectivity index (χ2v) is 4.25. The van der Waals surface area contributed by atoms with Gasteiger partial charge in [-0.05, 0) is 26.0 Å². The molecule has 0 unspecified atom stereocenters. The van der Waals surface area contributed by atoms with Gasteiger partial charge in [0.15, 0.2) is 0 Å². The van der Waals surface area contributed by atoms with Gasteiger partial charge in [0, 0.05) is 17.3 Å². The van der Waals surface area contributed by atoms with Gasteiger partial charge in [0.25, 0.3) is 5.69 Å². The van der Waals surface area contributed by atoms with Crippen molar-refractivity contribution in [3.05, 3.63) is 63.3 Å². The van der Waals surface area contributed by atoms with Crippen molar-refractivity contribution in [3.8, 4) is 5.88 Å². The van der Waals surface area contributed by atoms with Crippen LogP contribution in [0.25, 0.3) is 0 Å². The van der Waals surface area contributed by atoms with Crippen molar-refractivity contribution >= 4 is 5.69 Å². The Hall–Kier alpha value is -2.43. The van der Waals surface area contributed by atoms with Crippen molar-refractivity contribution in [1.82, 2.24) is 4.98 Å². The summed E-state index contributed by atoms with van der Waals surface area (Å²) in [6.07, 6.45) is 0. The topological polar surface area (TPSA) is 65.3 Å². The molecule has 0 aliphatic rings. The number of para-hydroxylation sites is 1. The van der Waals surface area contributed by atoms with E-state index in [2.05, 4.69) is 4.98 Å². The molecule has 1 aromatic heterocycles. The molecule has 0 aliphatic heterocycles. The SMILES string of the molecule is Cc1ccc(C)c(OCc2ccccc2[N+](=O)[O-])n1. The molecule has 5 nitrogen and oxygen atoms in total. The van der Waals surface area contributed by atoms with Crippen molar-refractivity contribution in [2.75, 3.05) is 0 Å². The van der Waals surface area contributed by atoms with Gasteiger partial charge in [-0.15, -0.1) is 0 Å². The van der Waals surface area contributed by atoms with Crippen molar-refractivity contribution in [2.45, 2.75) is 20.5 Å². The van der Waals surface area contributed by atoms with E-state index in [-0.39, 0.29) is 12.3 Å². The predicted octanol–water partition coefficient (Wildman–Crippen LogP) is 3.19. The van der Waals surface area contributed by atoms with Crippen LogP contribution in [0.1, 0.15) is 16.8 Å². The van der Waals surface area contributed by atoms with E-state index in [0.717, 1.165) is 11.3 Å². The van der Waals surface area contributed by atoms with E-state index in [1.807, 2.05) is 26.0 Å². The molecule has 1 aromatic carbocycles. The molecule has 1 heterocycles. The molecule has 0 saturated heterocycles. The second-order valence-electron chi connectivity index (χ2n) is 4.25. The average molecular weight is 258 g/mol. The average Bonchev–Trinajstić information content (AvgIpc) is 2.40. The Bertz CT molecular complexity index is 611. The molecule has 0 saturated carbocycles. The smallest absolute Gasteiger partial charge is 0.276 e. The number of nitro groups is 1. The Labute approximate surface area is 111 Å². The van der Waals surface area contributed by atoms with Crippen molar-refractivity contribution in [2.24, 2.45) is 0 Å². The Balaban J connectivity index is 2.19. The lowest BCUT2D eigenvalue weighted by Crippen LogP contribution is -2.03. The number of hydrogen-bond donors (Lipinski definition) is 0. The zero-order chi connectivity index (χ0) is 13.8. The summed E-state index contributed by atoms with van der Waals surface area (Å²) in [4.78, 5) is 14.8. The van der Waals surface area contributed by atoms with Gasteiger partial charge >= 0.3 is 0 Å². The molecule has 0 aliphatic carbocycles. The first-order chi connectivity index (χ1) is 9.08. The van der Waals surface area contributed by atoms with Crippen LogP contribution in [0, 0.1) is 24.0 Å². The Morgan fingerprint density at radius 2 is 1.95 bits per heavy atom. The molecule has 0 amide bonds. The largest absolute Gasteiger partial charge is 0.472 e. The number of benzene rings is 1. The van der Waals surface area contributed by atoms with E-state index in [1.54, 1.807) is 18.2 Å². The molecule has 98 valence electrons. The summed E-state index contributed by atoms with van der Waals surface area (Å²) >= 11 is 0. The Morgan fingerprint density at radius 3 is 2.68 bits per heavy atom. The summed E-state index contributed by atoms with van der Waals surface area (Å²) in [5.41, 5.74) is 2.36. The first-order valence-corrected chi connectivity index (χ1v) is 5.87. The van der Waals surface area contributed by atoms with Crippen LogP contribution in [0.5, 0.6) is 5.88 Å². The summed E-state index contributed by atoms with van der Waals surface area (Å²) in [7, 11) is 0. The maximum absolute atomic E-state index is 10.9. The van der Waals surface area contributed by atoms with Crippen molar-refractivity contribution in [3.63, 3.8) is 0 Å². The van der Waals surface area contributed by atoms with E-state index in [4.69, 9.17) is 4.74 Å². The fourth-order valence-corrected chi connectivity index (χ4v) is 1.71. The molecule has 0 bridgehead atoms. The highest BCUT2D eigenvalue weighted by Gasteiger charge is 2.13. The Morgan fingerprint density at radius 1 is 1.21 bits per heavy atom. The maximum Gasteiger partial charge on any atom is 0.276 e. The minimum Gasteiger partial charge on any atom is -0.472 e. The van der Waals surface area contributed by atoms with E-state index in [0.29, 0.717) is 11.4 Å². The molecule has 0 atom stereocenters. The van der Waals surface area contributed by atoms with Crippen LogP contribution in [0.15, 0.2) is 36.4 Å². The van der Waals surface area contributed by atoms with Crippen LogP contribution < -0.4 is 4.74 Å². The minimum absolute atomic E-state index is 0.0628. The van der Waals surface area contributed by atoms with Crippen LogP contribution in [-0.2, 0) is 6.61 Å². The van der Waals surface area contributed by atoms with E-state index in [1.165, 1.54) is 6.07 Å². The number of hydrogen-bond acceptors (Lipinski definition) is 4. The van der Waals surface area contributed by atoms with Crippen LogP contribution in [0.3, 0.4) is 0 Å². The molecule has 5 heteroatoms. The van der Waals surface area contributed by atoms with Gasteiger partial charge in [-0.25, -0.2) is 4.98 Å². The molecule has 2 rings (SSSR count). The van der Waals surface area contributed by atoms with Gasteiger partial charge in [-0.2, -0.15) is 0 Å². The molecule has 0 N–H and O–H groups in total. The number of nitrogens with zero attached hydrogens (tertiary/aromatic N) is 2. The maximum atomic E-state index is 10.9. The lowest BCUT2D eigenvalue weighted by atomic mass is 10.2. The van der Waals surface area contributed by atoms with Crippen molar-refractivity contribution < 1.29 is 9.66 Å². The zero-order valence-corrected chi connectivity index (χ0v) is 10.8. The minimum atomic E-state index is -0.408. The molecule has 19 heavy (non-hydrogen) atoms. The molecule has 0 fully saturated rings. The summed E-state index contributed by atoms with van der Waals surface area (Å²) in [6, 6.07) is 10.3. The highest BCUT2D eigenvalue weighted by atomic mass is 16.6. The van der Waals surface area contributed by atoms with Gasteiger partial charge in [0.05, 0.1) is 10.5 Å². The Kier molecular flexibility index (Phi) is 3.75. The number of ether oxygens (including phenoxy) is 1. The van der Waals surface area contributed by atoms with Gasteiger partial charge < -0.3 is 4.74 Å². The van der Waals surface area contributed by atoms with Crippen LogP contribution in [0.2, 0.25) is 0 Å². The number of nitro benzene ring substituents is 1. The highest BCUT2D eigenvalue weighted by Crippen LogP contribution is 2.21. The first kappa shape index (κ1) is 13.0. The number of pyridine rings is 1. The third-order valence-electron chi connectivity index (χ3n) is 2.74. The second kappa shape index (κ2) is 5.48.